The topological polar surface area (TPSA) is 143 Å². The van der Waals surface area contributed by atoms with E-state index in [2.05, 4.69) is 15.0 Å². The molecule has 1 saturated heterocycles. The summed E-state index contributed by atoms with van der Waals surface area (Å²) in [6.07, 6.45) is 3.52. The van der Waals surface area contributed by atoms with Gasteiger partial charge in [-0.25, -0.2) is 14.2 Å². The number of aryl methyl sites for hydroxylation is 2. The Hall–Kier alpha value is -3.43. The average molecular weight is 387 g/mol. The number of nitrogens with one attached hydrogen (secondary N) is 1. The number of carbonyl (C=O) groups excluding carboxylic acids is 1. The highest BCUT2D eigenvalue weighted by molar-refractivity contribution is 5.88. The van der Waals surface area contributed by atoms with E-state index < -0.39 is 35.6 Å². The molecule has 1 fully saturated rings. The number of rotatable bonds is 5. The van der Waals surface area contributed by atoms with Gasteiger partial charge in [-0.1, -0.05) is 5.11 Å². The number of esters is 1. The van der Waals surface area contributed by atoms with Crippen molar-refractivity contribution in [3.8, 4) is 0 Å². The van der Waals surface area contributed by atoms with Gasteiger partial charge in [0.25, 0.3) is 5.56 Å². The maximum absolute atomic E-state index is 12.2. The third kappa shape index (κ3) is 4.11. The zero-order valence-electron chi connectivity index (χ0n) is 15.3. The fourth-order valence-electron chi connectivity index (χ4n) is 2.97. The molecule has 0 saturated carbocycles. The summed E-state index contributed by atoms with van der Waals surface area (Å²) >= 11 is 0. The Kier molecular flexibility index (Phi) is 5.57. The average Bonchev–Trinajstić information content (AvgIpc) is 3.05. The molecule has 3 atom stereocenters. The minimum absolute atomic E-state index is 0.144. The van der Waals surface area contributed by atoms with Gasteiger partial charge in [-0.05, 0) is 18.5 Å². The summed E-state index contributed by atoms with van der Waals surface area (Å²) < 4.78 is 14.0. The van der Waals surface area contributed by atoms with Gasteiger partial charge in [0.1, 0.15) is 31.5 Å². The molecule has 1 aliphatic rings. The molecule has 0 bridgehead atoms. The number of nitrogens with zero attached hydrogens (tertiary/aromatic N) is 5. The minimum atomic E-state index is -0.753. The molecule has 146 valence electrons. The molecule has 0 radical (unpaired) electrons. The lowest BCUT2D eigenvalue weighted by Gasteiger charge is -2.16. The predicted molar refractivity (Wildman–Crippen MR) is 95.4 cm³/mol. The van der Waals surface area contributed by atoms with E-state index >= 15 is 0 Å². The largest absolute Gasteiger partial charge is 0.459 e. The van der Waals surface area contributed by atoms with E-state index in [1.807, 2.05) is 0 Å². The minimum Gasteiger partial charge on any atom is -0.459 e. The van der Waals surface area contributed by atoms with Crippen molar-refractivity contribution in [3.63, 3.8) is 0 Å². The second-order valence-electron chi connectivity index (χ2n) is 6.47. The molecular weight excluding hydrogens is 368 g/mol. The molecule has 11 nitrogen and oxygen atoms in total. The Balaban J connectivity index is 1.74. The summed E-state index contributed by atoms with van der Waals surface area (Å²) in [5.41, 5.74) is 8.40. The van der Waals surface area contributed by atoms with Crippen molar-refractivity contribution in [3.05, 3.63) is 73.1 Å². The fraction of sp³-hybridized carbons (Fsp3) is 0.412. The Morgan fingerprint density at radius 2 is 2.32 bits per heavy atom. The monoisotopic (exact) mass is 387 g/mol. The van der Waals surface area contributed by atoms with E-state index in [0.29, 0.717) is 11.1 Å². The Morgan fingerprint density at radius 3 is 3.04 bits per heavy atom. The van der Waals surface area contributed by atoms with Gasteiger partial charge in [-0.3, -0.25) is 14.3 Å². The Labute approximate surface area is 158 Å². The van der Waals surface area contributed by atoms with Crippen LogP contribution in [0.15, 0.2) is 45.4 Å². The van der Waals surface area contributed by atoms with E-state index in [-0.39, 0.29) is 13.0 Å². The molecule has 0 aromatic carbocycles. The number of aromatic amines is 1. The molecule has 11 heteroatoms. The van der Waals surface area contributed by atoms with Gasteiger partial charge in [-0.15, -0.1) is 0 Å². The van der Waals surface area contributed by atoms with Crippen molar-refractivity contribution in [2.24, 2.45) is 12.2 Å². The van der Waals surface area contributed by atoms with Crippen LogP contribution in [0, 0.1) is 6.92 Å². The van der Waals surface area contributed by atoms with E-state index in [9.17, 15) is 14.4 Å². The van der Waals surface area contributed by atoms with E-state index in [1.54, 1.807) is 43.1 Å². The summed E-state index contributed by atoms with van der Waals surface area (Å²) in [6.45, 7) is 1.42. The van der Waals surface area contributed by atoms with Crippen LogP contribution in [0.4, 0.5) is 0 Å². The van der Waals surface area contributed by atoms with Crippen molar-refractivity contribution in [1.82, 2.24) is 9.55 Å². The SMILES string of the molecule is Cc1cn([C@H]2C[C@H](N=[N+]=[N-])[C@@H](COC(=O)c3ccc[n+](C)c3)O2)c(=O)[nH]c1=O. The Bertz CT molecular complexity index is 1050. The van der Waals surface area contributed by atoms with Crippen molar-refractivity contribution in [2.45, 2.75) is 31.7 Å². The number of aromatic nitrogens is 3. The molecule has 0 aliphatic carbocycles. The highest BCUT2D eigenvalue weighted by Crippen LogP contribution is 2.30. The molecule has 0 spiro atoms. The summed E-state index contributed by atoms with van der Waals surface area (Å²) in [5.74, 6) is -0.542. The number of ether oxygens (including phenoxy) is 2. The van der Waals surface area contributed by atoms with Crippen LogP contribution in [-0.2, 0) is 16.5 Å². The fourth-order valence-corrected chi connectivity index (χ4v) is 2.97. The van der Waals surface area contributed by atoms with Crippen LogP contribution in [0.2, 0.25) is 0 Å². The molecule has 3 heterocycles. The number of pyridine rings is 1. The summed E-state index contributed by atoms with van der Waals surface area (Å²) in [5, 5.41) is 3.69. The quantitative estimate of drug-likeness (QED) is 0.261. The summed E-state index contributed by atoms with van der Waals surface area (Å²) in [7, 11) is 1.78. The third-order valence-corrected chi connectivity index (χ3v) is 4.41. The van der Waals surface area contributed by atoms with Crippen molar-refractivity contribution >= 4 is 5.97 Å². The molecule has 0 amide bonds. The molecule has 3 rings (SSSR count). The van der Waals surface area contributed by atoms with Gasteiger partial charge in [0.2, 0.25) is 0 Å². The molecule has 1 N–H and O–H groups in total. The van der Waals surface area contributed by atoms with Crippen LogP contribution < -0.4 is 15.8 Å². The molecular formula is C17H19N6O5+. The van der Waals surface area contributed by atoms with Crippen molar-refractivity contribution < 1.29 is 18.8 Å². The maximum atomic E-state index is 12.2. The van der Waals surface area contributed by atoms with E-state index in [1.165, 1.54) is 10.8 Å². The molecule has 1 aliphatic heterocycles. The van der Waals surface area contributed by atoms with Crippen LogP contribution >= 0.6 is 0 Å². The lowest BCUT2D eigenvalue weighted by Crippen LogP contribution is -2.33. The third-order valence-electron chi connectivity index (χ3n) is 4.41. The lowest BCUT2D eigenvalue weighted by molar-refractivity contribution is -0.671. The number of carbonyl (C=O) groups is 1. The van der Waals surface area contributed by atoms with Crippen LogP contribution in [0.3, 0.4) is 0 Å². The first-order chi connectivity index (χ1) is 13.4. The van der Waals surface area contributed by atoms with Crippen LogP contribution in [0.1, 0.15) is 28.6 Å². The first-order valence-corrected chi connectivity index (χ1v) is 8.53. The van der Waals surface area contributed by atoms with Crippen LogP contribution in [0.5, 0.6) is 0 Å². The predicted octanol–water partition coefficient (Wildman–Crippen LogP) is 0.493. The zero-order valence-corrected chi connectivity index (χ0v) is 15.3. The lowest BCUT2D eigenvalue weighted by atomic mass is 10.1. The first kappa shape index (κ1) is 19.3. The highest BCUT2D eigenvalue weighted by Gasteiger charge is 2.37. The molecule has 0 unspecified atom stereocenters. The van der Waals surface area contributed by atoms with Crippen LogP contribution in [0.25, 0.3) is 10.4 Å². The van der Waals surface area contributed by atoms with Crippen LogP contribution in [-0.4, -0.2) is 34.3 Å². The normalized spacial score (nSPS) is 21.1. The first-order valence-electron chi connectivity index (χ1n) is 8.53. The highest BCUT2D eigenvalue weighted by atomic mass is 16.6. The second-order valence-corrected chi connectivity index (χ2v) is 6.47. The maximum Gasteiger partial charge on any atom is 0.344 e. The van der Waals surface area contributed by atoms with Gasteiger partial charge in [0.15, 0.2) is 12.4 Å². The number of H-pyrrole nitrogens is 1. The van der Waals surface area contributed by atoms with Gasteiger partial charge >= 0.3 is 11.7 Å². The standard InChI is InChI=1S/C17H18N6O5/c1-10-7-23(17(26)19-15(10)24)14-6-12(20-21-18)13(28-14)9-27-16(25)11-4-3-5-22(2)8-11/h3-5,7-8,12-14H,6,9H2,1-2H3/p+1/t12-,13+,14+/m0/s1. The molecule has 2 aromatic rings. The van der Waals surface area contributed by atoms with Crippen molar-refractivity contribution in [1.29, 1.82) is 0 Å². The smallest absolute Gasteiger partial charge is 0.344 e. The Morgan fingerprint density at radius 1 is 1.54 bits per heavy atom. The summed E-state index contributed by atoms with van der Waals surface area (Å²) in [6, 6.07) is 2.70. The summed E-state index contributed by atoms with van der Waals surface area (Å²) in [4.78, 5) is 40.8. The van der Waals surface area contributed by atoms with E-state index in [0.717, 1.165) is 0 Å². The van der Waals surface area contributed by atoms with Crippen molar-refractivity contribution in [2.75, 3.05) is 6.61 Å². The van der Waals surface area contributed by atoms with Gasteiger partial charge in [0.05, 0.1) is 6.04 Å². The zero-order chi connectivity index (χ0) is 20.3. The molecule has 2 aromatic heterocycles. The van der Waals surface area contributed by atoms with Gasteiger partial charge in [-0.2, -0.15) is 0 Å². The van der Waals surface area contributed by atoms with E-state index in [4.69, 9.17) is 15.0 Å². The number of hydrogen-bond donors (Lipinski definition) is 1. The number of azide groups is 1. The van der Waals surface area contributed by atoms with Gasteiger partial charge in [0, 0.05) is 29.2 Å². The number of hydrogen-bond acceptors (Lipinski definition) is 6. The molecule has 28 heavy (non-hydrogen) atoms. The van der Waals surface area contributed by atoms with Gasteiger partial charge < -0.3 is 9.47 Å². The second kappa shape index (κ2) is 8.07.